The predicted octanol–water partition coefficient (Wildman–Crippen LogP) is 1.77. The number of nitrogens with one attached hydrogen (secondary N) is 1. The predicted molar refractivity (Wildman–Crippen MR) is 75.5 cm³/mol. The molecule has 0 aliphatic carbocycles. The van der Waals surface area contributed by atoms with Gasteiger partial charge in [-0.15, -0.1) is 0 Å². The number of piperidine rings is 1. The summed E-state index contributed by atoms with van der Waals surface area (Å²) in [6.07, 6.45) is 0.877. The first-order chi connectivity index (χ1) is 9.11. The molecule has 0 bridgehead atoms. The Balaban J connectivity index is 0.000000741. The van der Waals surface area contributed by atoms with Gasteiger partial charge in [-0.05, 0) is 19.9 Å². The second-order valence-corrected chi connectivity index (χ2v) is 4.20. The molecule has 19 heavy (non-hydrogen) atoms. The van der Waals surface area contributed by atoms with E-state index < -0.39 is 6.04 Å². The molecule has 0 aromatic rings. The van der Waals surface area contributed by atoms with Gasteiger partial charge in [0.1, 0.15) is 6.04 Å². The summed E-state index contributed by atoms with van der Waals surface area (Å²) >= 11 is 0. The Morgan fingerprint density at radius 2 is 1.74 bits per heavy atom. The van der Waals surface area contributed by atoms with Crippen LogP contribution in [0.2, 0.25) is 0 Å². The monoisotopic (exact) mass is 272 g/mol. The van der Waals surface area contributed by atoms with Crippen molar-refractivity contribution in [3.8, 4) is 0 Å². The van der Waals surface area contributed by atoms with Crippen LogP contribution in [0.1, 0.15) is 48.0 Å². The fourth-order valence-electron chi connectivity index (χ4n) is 2.43. The summed E-state index contributed by atoms with van der Waals surface area (Å²) in [6, 6.07) is -0.403. The van der Waals surface area contributed by atoms with E-state index in [1.807, 2.05) is 27.7 Å². The second kappa shape index (κ2) is 9.04. The highest BCUT2D eigenvalue weighted by Gasteiger charge is 2.47. The fourth-order valence-corrected chi connectivity index (χ4v) is 2.43. The maximum atomic E-state index is 11.5. The topological polar surface area (TPSA) is 58.6 Å². The number of hydrogen-bond acceptors (Lipinski definition) is 4. The summed E-state index contributed by atoms with van der Waals surface area (Å²) in [5.74, 6) is -0.0776. The van der Waals surface area contributed by atoms with Gasteiger partial charge in [0, 0.05) is 19.4 Å². The largest absolute Gasteiger partial charge is 0.316 e. The molecule has 2 rings (SSSR count). The van der Waals surface area contributed by atoms with Gasteiger partial charge in [0.15, 0.2) is 5.78 Å². The number of fused-ring (bicyclic) bond motifs is 1. The number of carbonyl (C=O) groups excluding carboxylic acids is 2. The minimum Gasteiger partial charge on any atom is -0.316 e. The SMILES string of the molecule is CC.CC.CC(=O)C1C2CNCCC2ON1C(C)=O. The number of ketones is 1. The molecular formula is C14H28N2O3. The van der Waals surface area contributed by atoms with Crippen molar-refractivity contribution in [2.75, 3.05) is 13.1 Å². The number of hydrogen-bond donors (Lipinski definition) is 1. The van der Waals surface area contributed by atoms with Crippen LogP contribution in [0.25, 0.3) is 0 Å². The molecule has 0 aromatic heterocycles. The third kappa shape index (κ3) is 4.28. The Bertz CT molecular complexity index is 294. The summed E-state index contributed by atoms with van der Waals surface area (Å²) in [6.45, 7) is 12.6. The Morgan fingerprint density at radius 3 is 2.21 bits per heavy atom. The molecular weight excluding hydrogens is 244 g/mol. The molecule has 2 saturated heterocycles. The lowest BCUT2D eigenvalue weighted by Crippen LogP contribution is -2.46. The summed E-state index contributed by atoms with van der Waals surface area (Å²) in [5.41, 5.74) is 0. The van der Waals surface area contributed by atoms with Crippen LogP contribution in [0.3, 0.4) is 0 Å². The van der Waals surface area contributed by atoms with Crippen LogP contribution < -0.4 is 5.32 Å². The van der Waals surface area contributed by atoms with Gasteiger partial charge in [-0.25, -0.2) is 5.06 Å². The van der Waals surface area contributed by atoms with Crippen LogP contribution in [0.15, 0.2) is 0 Å². The molecule has 3 unspecified atom stereocenters. The summed E-state index contributed by atoms with van der Waals surface area (Å²) in [7, 11) is 0. The lowest BCUT2D eigenvalue weighted by Gasteiger charge is -2.25. The standard InChI is InChI=1S/C10H16N2O3.2C2H6/c1-6(13)10-8-5-11-4-3-9(8)15-12(10)7(2)14;2*1-2/h8-11H,3-5H2,1-2H3;2*1-2H3. The summed E-state index contributed by atoms with van der Waals surface area (Å²) in [4.78, 5) is 28.4. The number of rotatable bonds is 1. The molecule has 2 fully saturated rings. The van der Waals surface area contributed by atoms with Crippen LogP contribution >= 0.6 is 0 Å². The Kier molecular flexibility index (Phi) is 8.59. The Labute approximate surface area is 116 Å². The van der Waals surface area contributed by atoms with Crippen molar-refractivity contribution in [2.45, 2.75) is 60.1 Å². The van der Waals surface area contributed by atoms with Crippen molar-refractivity contribution < 1.29 is 14.4 Å². The number of nitrogens with zero attached hydrogens (tertiary/aromatic N) is 1. The first kappa shape index (κ1) is 18.1. The Hall–Kier alpha value is -0.940. The van der Waals surface area contributed by atoms with Crippen LogP contribution in [-0.4, -0.2) is 42.0 Å². The quantitative estimate of drug-likeness (QED) is 0.790. The zero-order valence-electron chi connectivity index (χ0n) is 13.0. The lowest BCUT2D eigenvalue weighted by atomic mass is 9.88. The first-order valence-corrected chi connectivity index (χ1v) is 7.29. The molecule has 2 aliphatic rings. The summed E-state index contributed by atoms with van der Waals surface area (Å²) < 4.78 is 0. The highest BCUT2D eigenvalue weighted by Crippen LogP contribution is 2.31. The van der Waals surface area contributed by atoms with Gasteiger partial charge in [0.2, 0.25) is 5.91 Å². The first-order valence-electron chi connectivity index (χ1n) is 7.29. The highest BCUT2D eigenvalue weighted by atomic mass is 16.7. The smallest absolute Gasteiger partial charge is 0.243 e. The minimum atomic E-state index is -0.403. The van der Waals surface area contributed by atoms with Crippen LogP contribution in [0, 0.1) is 5.92 Å². The normalized spacial score (nSPS) is 28.3. The maximum absolute atomic E-state index is 11.5. The zero-order chi connectivity index (χ0) is 15.0. The number of amides is 1. The van der Waals surface area contributed by atoms with Crippen molar-refractivity contribution in [3.05, 3.63) is 0 Å². The average Bonchev–Trinajstić information content (AvgIpc) is 2.83. The van der Waals surface area contributed by atoms with Gasteiger partial charge < -0.3 is 5.32 Å². The third-order valence-electron chi connectivity index (χ3n) is 3.10. The molecule has 112 valence electrons. The van der Waals surface area contributed by atoms with E-state index in [0.717, 1.165) is 19.5 Å². The van der Waals surface area contributed by atoms with Gasteiger partial charge >= 0.3 is 0 Å². The van der Waals surface area contributed by atoms with E-state index in [4.69, 9.17) is 4.84 Å². The molecule has 3 atom stereocenters. The van der Waals surface area contributed by atoms with Gasteiger partial charge in [0.05, 0.1) is 6.10 Å². The van der Waals surface area contributed by atoms with Crippen molar-refractivity contribution in [3.63, 3.8) is 0 Å². The number of Topliss-reactive ketones (excluding diaryl/α,β-unsaturated/α-hetero) is 1. The Morgan fingerprint density at radius 1 is 1.16 bits per heavy atom. The van der Waals surface area contributed by atoms with Gasteiger partial charge in [-0.2, -0.15) is 0 Å². The maximum Gasteiger partial charge on any atom is 0.243 e. The van der Waals surface area contributed by atoms with Crippen LogP contribution in [0.4, 0.5) is 0 Å². The zero-order valence-corrected chi connectivity index (χ0v) is 13.0. The molecule has 2 aliphatic heterocycles. The van der Waals surface area contributed by atoms with E-state index >= 15 is 0 Å². The van der Waals surface area contributed by atoms with E-state index in [1.54, 1.807) is 0 Å². The van der Waals surface area contributed by atoms with Crippen LogP contribution in [-0.2, 0) is 14.4 Å². The van der Waals surface area contributed by atoms with Crippen molar-refractivity contribution in [1.82, 2.24) is 10.4 Å². The van der Waals surface area contributed by atoms with E-state index in [2.05, 4.69) is 5.32 Å². The number of carbonyl (C=O) groups is 2. The third-order valence-corrected chi connectivity index (χ3v) is 3.10. The summed E-state index contributed by atoms with van der Waals surface area (Å²) in [5, 5.41) is 4.48. The molecule has 1 amide bonds. The fraction of sp³-hybridized carbons (Fsp3) is 0.857. The van der Waals surface area contributed by atoms with E-state index in [0.29, 0.717) is 0 Å². The van der Waals surface area contributed by atoms with E-state index in [9.17, 15) is 9.59 Å². The molecule has 0 radical (unpaired) electrons. The number of hydroxylamine groups is 2. The second-order valence-electron chi connectivity index (χ2n) is 4.20. The van der Waals surface area contributed by atoms with E-state index in [1.165, 1.54) is 18.9 Å². The molecule has 0 saturated carbocycles. The van der Waals surface area contributed by atoms with Crippen LogP contribution in [0.5, 0.6) is 0 Å². The van der Waals surface area contributed by atoms with Crippen molar-refractivity contribution in [2.24, 2.45) is 5.92 Å². The van der Waals surface area contributed by atoms with Crippen molar-refractivity contribution in [1.29, 1.82) is 0 Å². The average molecular weight is 272 g/mol. The molecule has 5 heteroatoms. The van der Waals surface area contributed by atoms with Gasteiger partial charge in [-0.1, -0.05) is 27.7 Å². The molecule has 5 nitrogen and oxygen atoms in total. The van der Waals surface area contributed by atoms with Gasteiger partial charge in [0.25, 0.3) is 0 Å². The molecule has 0 spiro atoms. The highest BCUT2D eigenvalue weighted by molar-refractivity contribution is 5.87. The molecule has 0 aromatic carbocycles. The van der Waals surface area contributed by atoms with E-state index in [-0.39, 0.29) is 23.7 Å². The van der Waals surface area contributed by atoms with Crippen molar-refractivity contribution >= 4 is 11.7 Å². The molecule has 2 heterocycles. The lowest BCUT2D eigenvalue weighted by molar-refractivity contribution is -0.187. The minimum absolute atomic E-state index is 0.00130. The molecule has 1 N–H and O–H groups in total. The van der Waals surface area contributed by atoms with Gasteiger partial charge in [-0.3, -0.25) is 14.4 Å².